The Morgan fingerprint density at radius 2 is 0.467 bits per heavy atom. The molecule has 0 aliphatic heterocycles. The van der Waals surface area contributed by atoms with Crippen molar-refractivity contribution in [1.29, 1.82) is 0 Å². The molecule has 0 bridgehead atoms. The fourth-order valence-electron chi connectivity index (χ4n) is 22.6. The van der Waals surface area contributed by atoms with E-state index in [1.807, 2.05) is 30.3 Å². The lowest BCUT2D eigenvalue weighted by Crippen LogP contribution is -2.15. The fourth-order valence-corrected chi connectivity index (χ4v) is 22.6. The normalized spacial score (nSPS) is 13.1. The molecule has 0 saturated heterocycles. The predicted octanol–water partition coefficient (Wildman–Crippen LogP) is 32.0. The molecule has 7 heterocycles. The van der Waals surface area contributed by atoms with Gasteiger partial charge in [0.25, 0.3) is 0 Å². The van der Waals surface area contributed by atoms with Crippen LogP contribution in [0.3, 0.4) is 0 Å². The van der Waals surface area contributed by atoms with Crippen LogP contribution in [0.15, 0.2) is 429 Å². The highest BCUT2D eigenvalue weighted by molar-refractivity contribution is 6.16. The first-order chi connectivity index (χ1) is 67.4. The van der Waals surface area contributed by atoms with Crippen molar-refractivity contribution in [3.8, 4) is 147 Å². The van der Waals surface area contributed by atoms with Gasteiger partial charge in [0.05, 0.1) is 44.1 Å². The Kier molecular flexibility index (Phi) is 17.0. The van der Waals surface area contributed by atoms with Gasteiger partial charge in [-0.25, -0.2) is 29.9 Å². The molecular weight excluding hydrogens is 1670 g/mol. The fraction of sp³-hybridized carbons (Fsp3) is 0.0476. The van der Waals surface area contributed by atoms with Crippen LogP contribution in [0.4, 0.5) is 0 Å². The molecule has 0 fully saturated rings. The summed E-state index contributed by atoms with van der Waals surface area (Å²) in [5.41, 5.74) is 35.6. The van der Waals surface area contributed by atoms with Crippen molar-refractivity contribution in [1.82, 2.24) is 48.2 Å². The van der Waals surface area contributed by atoms with Crippen LogP contribution >= 0.6 is 0 Å². The minimum Gasteiger partial charge on any atom is -0.455 e. The smallest absolute Gasteiger partial charge is 0.164 e. The minimum atomic E-state index is -0.387. The van der Waals surface area contributed by atoms with Gasteiger partial charge in [0.15, 0.2) is 34.9 Å². The quantitative estimate of drug-likeness (QED) is 0.113. The van der Waals surface area contributed by atoms with Gasteiger partial charge in [-0.3, -0.25) is 0 Å². The first-order valence-electron chi connectivity index (χ1n) is 46.9. The minimum absolute atomic E-state index is 0.239. The second-order valence-corrected chi connectivity index (χ2v) is 37.7. The van der Waals surface area contributed by atoms with Crippen LogP contribution in [0.1, 0.15) is 49.9 Å². The largest absolute Gasteiger partial charge is 0.455 e. The van der Waals surface area contributed by atoms with E-state index in [4.69, 9.17) is 34.3 Å². The van der Waals surface area contributed by atoms with Crippen molar-refractivity contribution in [3.63, 3.8) is 0 Å². The number of furan rings is 1. The molecule has 0 saturated carbocycles. The lowest BCUT2D eigenvalue weighted by molar-refractivity contribution is 0.661. The summed E-state index contributed by atoms with van der Waals surface area (Å²) in [4.78, 5) is 33.1. The summed E-state index contributed by atoms with van der Waals surface area (Å²) in [6, 6.07) is 154. The number of rotatable bonds is 13. The van der Waals surface area contributed by atoms with Gasteiger partial charge in [-0.2, -0.15) is 0 Å². The van der Waals surface area contributed by atoms with E-state index in [0.717, 1.165) is 166 Å². The van der Waals surface area contributed by atoms with Gasteiger partial charge < -0.3 is 22.7 Å². The molecule has 0 spiro atoms. The highest BCUT2D eigenvalue weighted by Gasteiger charge is 2.39. The molecule has 0 amide bonds. The SMILES string of the molecule is CC1(C)c2ccccc2-c2cc3c4ccccc4n(-c4cc(-c5nc(-c6ccc(-c7ccc8c(c7)-c7cc9c%10ccccc%10n(-c%10cc(-c%11nc(-c%12ccccc%12)nc(-c%12ccc(-c%13ccccc%13)cc%12)n%11)cc(-n%11c%12ccccc%12c%12ccccc%12%11)c%10)c9cc7C8(C)C)cc6)nc(-c6ccc(-c7cccc8c7oc7ccccc78)cc6)n5)cc(-n5c6ccccc6c6ccccc65)c4)c3cc21. The second kappa shape index (κ2) is 29.9. The topological polar surface area (TPSA) is 110 Å². The third-order valence-electron chi connectivity index (χ3n) is 29.2. The van der Waals surface area contributed by atoms with Crippen LogP contribution in [0.25, 0.3) is 256 Å². The van der Waals surface area contributed by atoms with E-state index in [2.05, 4.69) is 440 Å². The van der Waals surface area contributed by atoms with E-state index in [0.29, 0.717) is 34.9 Å². The Hall–Kier alpha value is -17.8. The number of fused-ring (bicyclic) bond motifs is 21. The predicted molar refractivity (Wildman–Crippen MR) is 562 cm³/mol. The number of hydrogen-bond donors (Lipinski definition) is 0. The Balaban J connectivity index is 0.592. The van der Waals surface area contributed by atoms with Crippen LogP contribution in [0.5, 0.6) is 0 Å². The molecule has 0 unspecified atom stereocenters. The molecule has 642 valence electrons. The van der Waals surface area contributed by atoms with Gasteiger partial charge in [0, 0.05) is 126 Å². The maximum absolute atomic E-state index is 6.64. The average Bonchev–Trinajstić information content (AvgIpc) is 1.55. The van der Waals surface area contributed by atoms with Crippen molar-refractivity contribution in [2.45, 2.75) is 38.5 Å². The monoisotopic (exact) mass is 1750 g/mol. The van der Waals surface area contributed by atoms with E-state index in [1.54, 1.807) is 0 Å². The van der Waals surface area contributed by atoms with E-state index in [9.17, 15) is 0 Å². The molecular formula is C126H82N10O. The van der Waals surface area contributed by atoms with Crippen LogP contribution in [0.2, 0.25) is 0 Å². The Labute approximate surface area is 788 Å². The summed E-state index contributed by atoms with van der Waals surface area (Å²) >= 11 is 0. The standard InChI is InChI=1S/C126H82N10O/c1-125(2)105-42-19-11-32-91(105)101-71-103-96-37-16-24-47-113(96)135(115(103)73-107(101)125)88-67-85(65-87(69-88)134-111-45-22-14-35-94(111)95-36-15-23-46-112(95)134)124-131-121(128-122(132-124)82-60-54-78(55-61-82)90-40-27-41-99-98-39-18-26-49-117(98)137-118(90)99)81-58-52-77(53-59-81)83-62-63-106-100(68-83)102-72-104-97-38-17-25-48-114(97)136(116(104)74-108(102)126(106,3)4)89-66-84(64-86(70-89)133-109-43-20-12-33-92(109)93-34-13-21-44-110(93)133)123-129-119(79-30-9-6-10-31-79)127-120(130-123)80-56-50-76(51-57-80)75-28-7-5-8-29-75/h5-74H,1-4H3. The number of aromatic nitrogens is 10. The first kappa shape index (κ1) is 77.9. The third kappa shape index (κ3) is 12.1. The first-order valence-corrected chi connectivity index (χ1v) is 46.9. The van der Waals surface area contributed by atoms with Crippen LogP contribution in [-0.4, -0.2) is 48.2 Å². The zero-order chi connectivity index (χ0) is 90.6. The van der Waals surface area contributed by atoms with E-state index in [-0.39, 0.29) is 10.8 Å². The molecule has 2 aliphatic rings. The Bertz CT molecular complexity index is 9480. The van der Waals surface area contributed by atoms with Gasteiger partial charge >= 0.3 is 0 Å². The second-order valence-electron chi connectivity index (χ2n) is 37.7. The zero-order valence-corrected chi connectivity index (χ0v) is 75.3. The summed E-state index contributed by atoms with van der Waals surface area (Å²) < 4.78 is 16.4. The van der Waals surface area contributed by atoms with Gasteiger partial charge in [-0.1, -0.05) is 343 Å². The van der Waals surface area contributed by atoms with Gasteiger partial charge in [-0.15, -0.1) is 0 Å². The van der Waals surface area contributed by atoms with Gasteiger partial charge in [0.2, 0.25) is 0 Å². The average molecular weight is 1750 g/mol. The molecule has 137 heavy (non-hydrogen) atoms. The summed E-state index contributed by atoms with van der Waals surface area (Å²) in [5, 5.41) is 11.5. The summed E-state index contributed by atoms with van der Waals surface area (Å²) in [5.74, 6) is 3.37. The molecule has 0 N–H and O–H groups in total. The molecule has 7 aromatic heterocycles. The van der Waals surface area contributed by atoms with Crippen molar-refractivity contribution in [2.75, 3.05) is 0 Å². The maximum atomic E-state index is 6.64. The van der Waals surface area contributed by atoms with Crippen molar-refractivity contribution >= 4 is 109 Å². The molecule has 0 radical (unpaired) electrons. The Morgan fingerprint density at radius 1 is 0.175 bits per heavy atom. The maximum Gasteiger partial charge on any atom is 0.164 e. The molecule has 11 nitrogen and oxygen atoms in total. The lowest BCUT2D eigenvalue weighted by atomic mass is 9.82. The number of nitrogens with zero attached hydrogens (tertiary/aromatic N) is 10. The summed E-state index contributed by atoms with van der Waals surface area (Å²) in [6.45, 7) is 9.50. The molecule has 0 atom stereocenters. The molecule has 28 rings (SSSR count). The van der Waals surface area contributed by atoms with Crippen molar-refractivity contribution in [3.05, 3.63) is 447 Å². The molecule has 26 aromatic rings. The van der Waals surface area contributed by atoms with Crippen LogP contribution in [-0.2, 0) is 10.8 Å². The Morgan fingerprint density at radius 3 is 0.912 bits per heavy atom. The molecule has 19 aromatic carbocycles. The highest BCUT2D eigenvalue weighted by atomic mass is 16.3. The van der Waals surface area contributed by atoms with E-state index < -0.39 is 0 Å². The lowest BCUT2D eigenvalue weighted by Gasteiger charge is -2.22. The van der Waals surface area contributed by atoms with Crippen molar-refractivity contribution in [2.24, 2.45) is 0 Å². The third-order valence-corrected chi connectivity index (χ3v) is 29.2. The molecule has 11 heteroatoms. The van der Waals surface area contributed by atoms with Crippen LogP contribution in [0, 0.1) is 0 Å². The zero-order valence-electron chi connectivity index (χ0n) is 75.3. The van der Waals surface area contributed by atoms with Crippen molar-refractivity contribution < 1.29 is 4.42 Å². The molecule has 2 aliphatic carbocycles. The number of para-hydroxylation sites is 8. The van der Waals surface area contributed by atoms with E-state index >= 15 is 0 Å². The number of hydrogen-bond acceptors (Lipinski definition) is 7. The highest BCUT2D eigenvalue weighted by Crippen LogP contribution is 2.55. The van der Waals surface area contributed by atoms with Gasteiger partial charge in [0.1, 0.15) is 11.2 Å². The van der Waals surface area contributed by atoms with E-state index in [1.165, 1.54) is 76.8 Å². The van der Waals surface area contributed by atoms with Gasteiger partial charge in [-0.05, 0) is 182 Å². The van der Waals surface area contributed by atoms with Crippen LogP contribution < -0.4 is 0 Å². The summed E-state index contributed by atoms with van der Waals surface area (Å²) in [7, 11) is 0. The number of benzene rings is 19. The summed E-state index contributed by atoms with van der Waals surface area (Å²) in [6.07, 6.45) is 0.